The minimum Gasteiger partial charge on any atom is -0.436 e. The molecule has 0 spiro atoms. The van der Waals surface area contributed by atoms with E-state index in [1.807, 2.05) is 54.9 Å². The van der Waals surface area contributed by atoms with Crippen LogP contribution in [0, 0.1) is 6.92 Å². The Morgan fingerprint density at radius 3 is 2.48 bits per heavy atom. The predicted octanol–water partition coefficient (Wildman–Crippen LogP) is 4.59. The lowest BCUT2D eigenvalue weighted by atomic mass is 10.2. The molecule has 0 unspecified atom stereocenters. The maximum atomic E-state index is 5.82. The van der Waals surface area contributed by atoms with E-state index >= 15 is 0 Å². The highest BCUT2D eigenvalue weighted by Crippen LogP contribution is 2.25. The van der Waals surface area contributed by atoms with Gasteiger partial charge >= 0.3 is 0 Å². The summed E-state index contributed by atoms with van der Waals surface area (Å²) in [6, 6.07) is 18.3. The van der Waals surface area contributed by atoms with Gasteiger partial charge in [0.05, 0.1) is 0 Å². The van der Waals surface area contributed by atoms with Crippen LogP contribution in [0.5, 0.6) is 0 Å². The topological polar surface area (TPSA) is 31.0 Å². The van der Waals surface area contributed by atoms with Crippen molar-refractivity contribution in [1.29, 1.82) is 0 Å². The second-order valence-corrected chi connectivity index (χ2v) is 5.13. The van der Waals surface area contributed by atoms with Crippen LogP contribution in [0.1, 0.15) is 5.56 Å². The molecule has 3 heteroatoms. The van der Waals surface area contributed by atoms with Crippen molar-refractivity contribution in [2.24, 2.45) is 0 Å². The SMILES string of the molecule is Cc1ccc2oc(-c3ccc(-n4cccc4)cc3)nc2c1. The number of rotatable bonds is 2. The number of fused-ring (bicyclic) bond motifs is 1. The molecule has 0 N–H and O–H groups in total. The third-order valence-electron chi connectivity index (χ3n) is 3.56. The molecule has 4 rings (SSSR count). The number of hydrogen-bond acceptors (Lipinski definition) is 2. The molecular weight excluding hydrogens is 260 g/mol. The molecule has 0 atom stereocenters. The fraction of sp³-hybridized carbons (Fsp3) is 0.0556. The first-order chi connectivity index (χ1) is 10.3. The van der Waals surface area contributed by atoms with Crippen LogP contribution in [-0.4, -0.2) is 9.55 Å². The highest BCUT2D eigenvalue weighted by Gasteiger charge is 2.08. The lowest BCUT2D eigenvalue weighted by Gasteiger charge is -2.03. The number of aromatic nitrogens is 2. The molecule has 2 aromatic carbocycles. The molecule has 0 fully saturated rings. The van der Waals surface area contributed by atoms with Crippen LogP contribution >= 0.6 is 0 Å². The summed E-state index contributed by atoms with van der Waals surface area (Å²) < 4.78 is 7.89. The van der Waals surface area contributed by atoms with Gasteiger partial charge in [0.1, 0.15) is 5.52 Å². The van der Waals surface area contributed by atoms with Crippen molar-refractivity contribution >= 4 is 11.1 Å². The molecule has 0 amide bonds. The maximum Gasteiger partial charge on any atom is 0.227 e. The zero-order valence-electron chi connectivity index (χ0n) is 11.7. The van der Waals surface area contributed by atoms with Gasteiger partial charge in [0.25, 0.3) is 0 Å². The van der Waals surface area contributed by atoms with E-state index in [0.29, 0.717) is 5.89 Å². The summed E-state index contributed by atoms with van der Waals surface area (Å²) in [7, 11) is 0. The standard InChI is InChI=1S/C18H14N2O/c1-13-4-9-17-16(12-13)19-18(21-17)14-5-7-15(8-6-14)20-10-2-3-11-20/h2-12H,1H3. The van der Waals surface area contributed by atoms with Crippen molar-refractivity contribution in [3.05, 3.63) is 72.6 Å². The van der Waals surface area contributed by atoms with Gasteiger partial charge in [-0.2, -0.15) is 0 Å². The predicted molar refractivity (Wildman–Crippen MR) is 83.5 cm³/mol. The maximum absolute atomic E-state index is 5.82. The van der Waals surface area contributed by atoms with Crippen LogP contribution in [0.3, 0.4) is 0 Å². The van der Waals surface area contributed by atoms with Gasteiger partial charge in [0.2, 0.25) is 5.89 Å². The smallest absolute Gasteiger partial charge is 0.227 e. The fourth-order valence-electron chi connectivity index (χ4n) is 2.44. The van der Waals surface area contributed by atoms with Gasteiger partial charge in [-0.3, -0.25) is 0 Å². The minimum atomic E-state index is 0.662. The van der Waals surface area contributed by atoms with Gasteiger partial charge in [-0.1, -0.05) is 6.07 Å². The molecule has 0 aliphatic rings. The average Bonchev–Trinajstić information content (AvgIpc) is 3.16. The van der Waals surface area contributed by atoms with Gasteiger partial charge in [-0.05, 0) is 61.0 Å². The molecule has 0 saturated carbocycles. The molecule has 3 nitrogen and oxygen atoms in total. The van der Waals surface area contributed by atoms with Gasteiger partial charge in [-0.25, -0.2) is 4.98 Å². The summed E-state index contributed by atoms with van der Waals surface area (Å²) in [5.41, 5.74) is 5.02. The largest absolute Gasteiger partial charge is 0.436 e. The highest BCUT2D eigenvalue weighted by molar-refractivity contribution is 5.77. The monoisotopic (exact) mass is 274 g/mol. The molecule has 0 aliphatic carbocycles. The molecular formula is C18H14N2O. The Labute approximate surface area is 122 Å². The van der Waals surface area contributed by atoms with E-state index in [-0.39, 0.29) is 0 Å². The fourth-order valence-corrected chi connectivity index (χ4v) is 2.44. The van der Waals surface area contributed by atoms with E-state index < -0.39 is 0 Å². The molecule has 21 heavy (non-hydrogen) atoms. The molecule has 0 bridgehead atoms. The van der Waals surface area contributed by atoms with Crippen LogP contribution in [0.4, 0.5) is 0 Å². The van der Waals surface area contributed by atoms with E-state index in [9.17, 15) is 0 Å². The Bertz CT molecular complexity index is 887. The van der Waals surface area contributed by atoms with Crippen molar-refractivity contribution in [3.8, 4) is 17.1 Å². The second-order valence-electron chi connectivity index (χ2n) is 5.13. The van der Waals surface area contributed by atoms with E-state index in [1.165, 1.54) is 5.56 Å². The number of nitrogens with zero attached hydrogens (tertiary/aromatic N) is 2. The average molecular weight is 274 g/mol. The Morgan fingerprint density at radius 2 is 1.71 bits per heavy atom. The van der Waals surface area contributed by atoms with Gasteiger partial charge in [0, 0.05) is 23.6 Å². The van der Waals surface area contributed by atoms with Gasteiger partial charge < -0.3 is 8.98 Å². The van der Waals surface area contributed by atoms with E-state index in [2.05, 4.69) is 28.6 Å². The summed E-state index contributed by atoms with van der Waals surface area (Å²) in [6.07, 6.45) is 4.05. The number of hydrogen-bond donors (Lipinski definition) is 0. The molecule has 102 valence electrons. The van der Waals surface area contributed by atoms with Crippen LogP contribution < -0.4 is 0 Å². The van der Waals surface area contributed by atoms with Crippen molar-refractivity contribution in [2.45, 2.75) is 6.92 Å². The lowest BCUT2D eigenvalue weighted by Crippen LogP contribution is -1.88. The van der Waals surface area contributed by atoms with Crippen molar-refractivity contribution < 1.29 is 4.42 Å². The minimum absolute atomic E-state index is 0.662. The number of aryl methyl sites for hydroxylation is 1. The van der Waals surface area contributed by atoms with E-state index in [4.69, 9.17) is 4.42 Å². The summed E-state index contributed by atoms with van der Waals surface area (Å²) in [6.45, 7) is 2.06. The summed E-state index contributed by atoms with van der Waals surface area (Å²) in [5, 5.41) is 0. The van der Waals surface area contributed by atoms with E-state index in [1.54, 1.807) is 0 Å². The third kappa shape index (κ3) is 2.13. The van der Waals surface area contributed by atoms with Crippen LogP contribution in [0.25, 0.3) is 28.2 Å². The molecule has 0 saturated heterocycles. The van der Waals surface area contributed by atoms with E-state index in [0.717, 1.165) is 22.4 Å². The first-order valence-corrected chi connectivity index (χ1v) is 6.90. The van der Waals surface area contributed by atoms with Crippen molar-refractivity contribution in [2.75, 3.05) is 0 Å². The zero-order valence-corrected chi connectivity index (χ0v) is 11.7. The summed E-state index contributed by atoms with van der Waals surface area (Å²) in [4.78, 5) is 4.56. The second kappa shape index (κ2) is 4.63. The van der Waals surface area contributed by atoms with Crippen LogP contribution in [-0.2, 0) is 0 Å². The normalized spacial score (nSPS) is 11.1. The molecule has 0 aliphatic heterocycles. The summed E-state index contributed by atoms with van der Waals surface area (Å²) in [5.74, 6) is 0.662. The first kappa shape index (κ1) is 12.0. The zero-order chi connectivity index (χ0) is 14.2. The molecule has 4 aromatic rings. The van der Waals surface area contributed by atoms with Gasteiger partial charge in [0.15, 0.2) is 5.58 Å². The van der Waals surface area contributed by atoms with Crippen LogP contribution in [0.2, 0.25) is 0 Å². The quantitative estimate of drug-likeness (QED) is 0.535. The highest BCUT2D eigenvalue weighted by atomic mass is 16.3. The van der Waals surface area contributed by atoms with Crippen LogP contribution in [0.15, 0.2) is 71.4 Å². The molecule has 2 aromatic heterocycles. The Kier molecular flexibility index (Phi) is 2.64. The Hall–Kier alpha value is -2.81. The third-order valence-corrected chi connectivity index (χ3v) is 3.56. The molecule has 2 heterocycles. The Balaban J connectivity index is 1.74. The number of oxazole rings is 1. The first-order valence-electron chi connectivity index (χ1n) is 6.90. The lowest BCUT2D eigenvalue weighted by molar-refractivity contribution is 0.620. The molecule has 0 radical (unpaired) electrons. The number of benzene rings is 2. The van der Waals surface area contributed by atoms with Crippen molar-refractivity contribution in [1.82, 2.24) is 9.55 Å². The Morgan fingerprint density at radius 1 is 0.952 bits per heavy atom. The van der Waals surface area contributed by atoms with Gasteiger partial charge in [-0.15, -0.1) is 0 Å². The summed E-state index contributed by atoms with van der Waals surface area (Å²) >= 11 is 0. The van der Waals surface area contributed by atoms with Crippen molar-refractivity contribution in [3.63, 3.8) is 0 Å².